The summed E-state index contributed by atoms with van der Waals surface area (Å²) in [4.78, 5) is 32.2. The minimum absolute atomic E-state index is 0.0283. The number of ketones is 1. The van der Waals surface area contributed by atoms with Gasteiger partial charge >= 0.3 is 11.9 Å². The number of halogens is 3. The van der Waals surface area contributed by atoms with Crippen LogP contribution in [-0.4, -0.2) is 66.2 Å². The molecule has 3 aromatic carbocycles. The largest absolute Gasteiger partial charge is 0.493 e. The number of rotatable bonds is 10. The van der Waals surface area contributed by atoms with Gasteiger partial charge in [0.15, 0.2) is 28.9 Å². The van der Waals surface area contributed by atoms with Crippen LogP contribution < -0.4 is 9.47 Å². The highest BCUT2D eigenvalue weighted by atomic mass is 19.2. The Morgan fingerprint density at radius 3 is 2.05 bits per heavy atom. The smallest absolute Gasteiger partial charge is 0.414 e. The summed E-state index contributed by atoms with van der Waals surface area (Å²) >= 11 is 0. The van der Waals surface area contributed by atoms with Gasteiger partial charge in [-0.25, -0.2) is 22.8 Å². The number of Topliss-reactive ketones (excluding diaryl/α,β-unsaturated/α-hetero) is 1. The second-order valence-corrected chi connectivity index (χ2v) is 10.1. The highest BCUT2D eigenvalue weighted by Crippen LogP contribution is 2.38. The molecule has 1 atom stereocenters. The number of hydrogen-bond acceptors (Lipinski definition) is 6. The zero-order valence-electron chi connectivity index (χ0n) is 23.9. The Labute approximate surface area is 247 Å². The Balaban J connectivity index is 0.000000765. The fourth-order valence-corrected chi connectivity index (χ4v) is 5.10. The van der Waals surface area contributed by atoms with E-state index in [0.717, 1.165) is 44.5 Å². The molecule has 0 spiro atoms. The van der Waals surface area contributed by atoms with Gasteiger partial charge in [-0.1, -0.05) is 18.2 Å². The minimum Gasteiger partial charge on any atom is -0.493 e. The lowest BCUT2D eigenvalue weighted by molar-refractivity contribution is -0.159. The topological polar surface area (TPSA) is 113 Å². The van der Waals surface area contributed by atoms with E-state index in [1.807, 2.05) is 0 Å². The lowest BCUT2D eigenvalue weighted by atomic mass is 9.76. The number of aliphatic carboxylic acids is 2. The van der Waals surface area contributed by atoms with E-state index in [2.05, 4.69) is 4.90 Å². The third kappa shape index (κ3) is 9.57. The molecule has 8 nitrogen and oxygen atoms in total. The average molecular weight is 602 g/mol. The van der Waals surface area contributed by atoms with Gasteiger partial charge in [-0.3, -0.25) is 4.79 Å². The van der Waals surface area contributed by atoms with Gasteiger partial charge < -0.3 is 24.6 Å². The van der Waals surface area contributed by atoms with Gasteiger partial charge in [0.1, 0.15) is 5.82 Å². The molecule has 0 aliphatic carbocycles. The van der Waals surface area contributed by atoms with Crippen molar-refractivity contribution in [2.75, 3.05) is 33.4 Å². The van der Waals surface area contributed by atoms with Crippen LogP contribution in [0.25, 0.3) is 0 Å². The normalized spacial score (nSPS) is 14.3. The van der Waals surface area contributed by atoms with E-state index < -0.39 is 23.6 Å². The van der Waals surface area contributed by atoms with Crippen molar-refractivity contribution in [3.8, 4) is 11.5 Å². The molecule has 3 aromatic rings. The molecule has 0 aromatic heterocycles. The van der Waals surface area contributed by atoms with Crippen molar-refractivity contribution in [1.29, 1.82) is 0 Å². The second kappa shape index (κ2) is 15.7. The van der Waals surface area contributed by atoms with Crippen LogP contribution in [0.1, 0.15) is 53.6 Å². The van der Waals surface area contributed by atoms with Gasteiger partial charge in [-0.15, -0.1) is 0 Å². The van der Waals surface area contributed by atoms with Crippen molar-refractivity contribution in [3.63, 3.8) is 0 Å². The minimum atomic E-state index is -1.82. The quantitative estimate of drug-likeness (QED) is 0.171. The van der Waals surface area contributed by atoms with Crippen LogP contribution in [0, 0.1) is 23.4 Å². The molecule has 4 rings (SSSR count). The molecule has 1 aliphatic rings. The molecule has 0 amide bonds. The summed E-state index contributed by atoms with van der Waals surface area (Å²) in [6.07, 6.45) is 2.61. The van der Waals surface area contributed by atoms with Crippen molar-refractivity contribution in [2.45, 2.75) is 32.1 Å². The van der Waals surface area contributed by atoms with E-state index in [1.165, 1.54) is 31.2 Å². The van der Waals surface area contributed by atoms with Crippen LogP contribution in [0.4, 0.5) is 13.2 Å². The number of benzene rings is 3. The Bertz CT molecular complexity index is 1390. The first-order valence-corrected chi connectivity index (χ1v) is 13.7. The van der Waals surface area contributed by atoms with Crippen LogP contribution in [0.5, 0.6) is 11.5 Å². The molecule has 1 fully saturated rings. The van der Waals surface area contributed by atoms with Gasteiger partial charge in [-0.05, 0) is 98.8 Å². The van der Waals surface area contributed by atoms with Crippen LogP contribution in [0.2, 0.25) is 0 Å². The summed E-state index contributed by atoms with van der Waals surface area (Å²) in [6, 6.07) is 15.6. The summed E-state index contributed by atoms with van der Waals surface area (Å²) < 4.78 is 52.5. The maximum atomic E-state index is 14.1. The number of likely N-dealkylation sites (tertiary alicyclic amines) is 1. The summed E-state index contributed by atoms with van der Waals surface area (Å²) in [5, 5.41) is 14.8. The van der Waals surface area contributed by atoms with E-state index in [4.69, 9.17) is 29.3 Å². The Morgan fingerprint density at radius 2 is 1.49 bits per heavy atom. The molecule has 230 valence electrons. The molecule has 0 radical (unpaired) electrons. The summed E-state index contributed by atoms with van der Waals surface area (Å²) in [5.74, 6) is -4.49. The van der Waals surface area contributed by atoms with E-state index in [9.17, 15) is 18.0 Å². The predicted molar refractivity (Wildman–Crippen MR) is 152 cm³/mol. The fraction of sp³-hybridized carbons (Fsp3) is 0.344. The number of carboxylic acids is 2. The SMILES string of the molecule is COc1cc(C(C)=O)ccc1OCCCN1CCC(C(c2ccc(F)cc2)c2ccc(F)c(F)c2)CC1.O=C(O)C(=O)O. The van der Waals surface area contributed by atoms with Crippen molar-refractivity contribution in [2.24, 2.45) is 5.92 Å². The predicted octanol–water partition coefficient (Wildman–Crippen LogP) is 5.78. The third-order valence-corrected chi connectivity index (χ3v) is 7.26. The number of hydrogen-bond donors (Lipinski definition) is 2. The molecule has 2 N–H and O–H groups in total. The first-order valence-electron chi connectivity index (χ1n) is 13.7. The number of methoxy groups -OCH3 is 1. The van der Waals surface area contributed by atoms with Crippen molar-refractivity contribution >= 4 is 17.7 Å². The average Bonchev–Trinajstić information content (AvgIpc) is 2.99. The summed E-state index contributed by atoms with van der Waals surface area (Å²) in [6.45, 7) is 4.65. The maximum Gasteiger partial charge on any atom is 0.414 e. The molecule has 43 heavy (non-hydrogen) atoms. The summed E-state index contributed by atoms with van der Waals surface area (Å²) in [7, 11) is 1.55. The Morgan fingerprint density at radius 1 is 0.860 bits per heavy atom. The Hall–Kier alpha value is -4.38. The van der Waals surface area contributed by atoms with Gasteiger partial charge in [0.05, 0.1) is 13.7 Å². The number of carbonyl (C=O) groups excluding carboxylic acids is 1. The number of nitrogens with zero attached hydrogens (tertiary/aromatic N) is 1. The number of carbonyl (C=O) groups is 3. The molecule has 1 saturated heterocycles. The number of piperidine rings is 1. The van der Waals surface area contributed by atoms with Crippen molar-refractivity contribution in [3.05, 3.63) is 94.8 Å². The molecular formula is C32H34F3NO7. The zero-order valence-corrected chi connectivity index (χ0v) is 23.9. The highest BCUT2D eigenvalue weighted by Gasteiger charge is 2.29. The standard InChI is InChI=1S/C30H32F3NO3.C2H2O4/c1-20(35)23-7-11-28(29(19-23)36-2)37-17-3-14-34-15-12-22(13-16-34)30(21-4-8-25(31)9-5-21)24-6-10-26(32)27(33)18-24;3-1(4)2(5)6/h4-11,18-19,22,30H,3,12-17H2,1-2H3;(H,3,4)(H,5,6). The van der Waals surface area contributed by atoms with E-state index in [0.29, 0.717) is 29.2 Å². The van der Waals surface area contributed by atoms with Crippen molar-refractivity contribution < 1.29 is 47.2 Å². The van der Waals surface area contributed by atoms with Gasteiger partial charge in [0.2, 0.25) is 0 Å². The van der Waals surface area contributed by atoms with Crippen LogP contribution >= 0.6 is 0 Å². The van der Waals surface area contributed by atoms with Gasteiger partial charge in [0, 0.05) is 18.0 Å². The second-order valence-electron chi connectivity index (χ2n) is 10.1. The fourth-order valence-electron chi connectivity index (χ4n) is 5.10. The first-order chi connectivity index (χ1) is 20.5. The lowest BCUT2D eigenvalue weighted by Gasteiger charge is -2.36. The Kier molecular flexibility index (Phi) is 12.1. The van der Waals surface area contributed by atoms with E-state index in [-0.39, 0.29) is 23.4 Å². The van der Waals surface area contributed by atoms with E-state index >= 15 is 0 Å². The highest BCUT2D eigenvalue weighted by molar-refractivity contribution is 6.27. The number of carboxylic acid groups (broad SMARTS) is 2. The molecule has 1 unspecified atom stereocenters. The monoisotopic (exact) mass is 601 g/mol. The van der Waals surface area contributed by atoms with Crippen LogP contribution in [0.15, 0.2) is 60.7 Å². The first kappa shape index (κ1) is 33.1. The molecule has 0 bridgehead atoms. The zero-order chi connectivity index (χ0) is 31.5. The van der Waals surface area contributed by atoms with Crippen molar-refractivity contribution in [1.82, 2.24) is 4.90 Å². The molecule has 0 saturated carbocycles. The molecule has 11 heteroatoms. The van der Waals surface area contributed by atoms with Crippen LogP contribution in [0.3, 0.4) is 0 Å². The lowest BCUT2D eigenvalue weighted by Crippen LogP contribution is -2.37. The maximum absolute atomic E-state index is 14.1. The van der Waals surface area contributed by atoms with Crippen LogP contribution in [-0.2, 0) is 9.59 Å². The van der Waals surface area contributed by atoms with Gasteiger partial charge in [-0.2, -0.15) is 0 Å². The molecular weight excluding hydrogens is 567 g/mol. The summed E-state index contributed by atoms with van der Waals surface area (Å²) in [5.41, 5.74) is 2.19. The molecule has 1 heterocycles. The van der Waals surface area contributed by atoms with Gasteiger partial charge in [0.25, 0.3) is 0 Å². The van der Waals surface area contributed by atoms with E-state index in [1.54, 1.807) is 43.5 Å². The number of ether oxygens (including phenoxy) is 2. The third-order valence-electron chi connectivity index (χ3n) is 7.26. The molecule has 1 aliphatic heterocycles.